The van der Waals surface area contributed by atoms with Crippen molar-refractivity contribution in [3.8, 4) is 5.69 Å². The molecule has 0 spiro atoms. The molecule has 106 valence electrons. The van der Waals surface area contributed by atoms with Gasteiger partial charge < -0.3 is 5.32 Å². The van der Waals surface area contributed by atoms with Crippen LogP contribution in [0, 0.1) is 11.6 Å². The van der Waals surface area contributed by atoms with Crippen LogP contribution in [0.2, 0.25) is 0 Å². The minimum Gasteiger partial charge on any atom is -0.381 e. The Kier molecular flexibility index (Phi) is 3.55. The minimum atomic E-state index is -0.850. The Labute approximate surface area is 119 Å². The van der Waals surface area contributed by atoms with Crippen LogP contribution in [-0.4, -0.2) is 20.2 Å². The fourth-order valence-corrected chi connectivity index (χ4v) is 1.89. The molecule has 0 aliphatic rings. The number of nitrogens with one attached hydrogen (secondary N) is 1. The van der Waals surface area contributed by atoms with Crippen molar-refractivity contribution in [1.29, 1.82) is 0 Å². The number of anilines is 1. The highest BCUT2D eigenvalue weighted by Crippen LogP contribution is 2.15. The molecule has 5 nitrogen and oxygen atoms in total. The first-order valence-corrected chi connectivity index (χ1v) is 6.23. The number of halogens is 2. The summed E-state index contributed by atoms with van der Waals surface area (Å²) in [6.45, 7) is 0.385. The molecule has 0 radical (unpaired) electrons. The van der Waals surface area contributed by atoms with Crippen LogP contribution in [0.5, 0.6) is 0 Å². The zero-order chi connectivity index (χ0) is 14.7. The van der Waals surface area contributed by atoms with E-state index >= 15 is 0 Å². The van der Waals surface area contributed by atoms with E-state index in [1.807, 2.05) is 24.3 Å². The summed E-state index contributed by atoms with van der Waals surface area (Å²) in [5, 5.41) is 14.1. The third-order valence-electron chi connectivity index (χ3n) is 2.94. The van der Waals surface area contributed by atoms with Gasteiger partial charge in [0, 0.05) is 12.2 Å². The Balaban J connectivity index is 1.73. The summed E-state index contributed by atoms with van der Waals surface area (Å²) in [7, 11) is 0. The predicted octanol–water partition coefficient (Wildman–Crippen LogP) is 2.55. The SMILES string of the molecule is Fc1ccc(CNc2cccc(-n3cnnn3)c2)cc1F. The largest absolute Gasteiger partial charge is 0.381 e. The Morgan fingerprint density at radius 1 is 1.05 bits per heavy atom. The first-order chi connectivity index (χ1) is 10.2. The number of benzene rings is 2. The lowest BCUT2D eigenvalue weighted by molar-refractivity contribution is 0.507. The van der Waals surface area contributed by atoms with Gasteiger partial charge in [0.25, 0.3) is 0 Å². The quantitative estimate of drug-likeness (QED) is 0.801. The summed E-state index contributed by atoms with van der Waals surface area (Å²) in [4.78, 5) is 0. The molecule has 1 aromatic heterocycles. The lowest BCUT2D eigenvalue weighted by atomic mass is 10.2. The molecule has 1 heterocycles. The molecule has 3 aromatic rings. The molecular weight excluding hydrogens is 276 g/mol. The number of hydrogen-bond acceptors (Lipinski definition) is 4. The zero-order valence-corrected chi connectivity index (χ0v) is 10.9. The topological polar surface area (TPSA) is 55.6 Å². The van der Waals surface area contributed by atoms with Gasteiger partial charge in [-0.15, -0.1) is 5.10 Å². The van der Waals surface area contributed by atoms with E-state index in [0.29, 0.717) is 12.1 Å². The van der Waals surface area contributed by atoms with E-state index in [1.165, 1.54) is 23.1 Å². The second-order valence-electron chi connectivity index (χ2n) is 4.41. The van der Waals surface area contributed by atoms with Gasteiger partial charge in [-0.1, -0.05) is 12.1 Å². The second-order valence-corrected chi connectivity index (χ2v) is 4.41. The normalized spacial score (nSPS) is 10.6. The third kappa shape index (κ3) is 3.02. The van der Waals surface area contributed by atoms with Crippen LogP contribution in [0.15, 0.2) is 48.8 Å². The average Bonchev–Trinajstić information content (AvgIpc) is 3.03. The summed E-state index contributed by atoms with van der Waals surface area (Å²) < 4.78 is 27.5. The summed E-state index contributed by atoms with van der Waals surface area (Å²) in [5.41, 5.74) is 2.28. The van der Waals surface area contributed by atoms with Gasteiger partial charge in [0.15, 0.2) is 11.6 Å². The predicted molar refractivity (Wildman–Crippen MR) is 72.8 cm³/mol. The fourth-order valence-electron chi connectivity index (χ4n) is 1.89. The van der Waals surface area contributed by atoms with E-state index < -0.39 is 11.6 Å². The monoisotopic (exact) mass is 287 g/mol. The third-order valence-corrected chi connectivity index (χ3v) is 2.94. The van der Waals surface area contributed by atoms with Gasteiger partial charge in [-0.25, -0.2) is 13.5 Å². The highest BCUT2D eigenvalue weighted by molar-refractivity contribution is 5.51. The van der Waals surface area contributed by atoms with Crippen molar-refractivity contribution in [2.45, 2.75) is 6.54 Å². The molecule has 0 saturated carbocycles. The number of tetrazole rings is 1. The van der Waals surface area contributed by atoms with E-state index in [4.69, 9.17) is 0 Å². The molecule has 3 rings (SSSR count). The molecule has 7 heteroatoms. The highest BCUT2D eigenvalue weighted by Gasteiger charge is 2.03. The van der Waals surface area contributed by atoms with E-state index in [0.717, 1.165) is 17.4 Å². The molecule has 2 aromatic carbocycles. The lowest BCUT2D eigenvalue weighted by Crippen LogP contribution is -2.02. The molecule has 0 aliphatic heterocycles. The van der Waals surface area contributed by atoms with Crippen molar-refractivity contribution >= 4 is 5.69 Å². The maximum Gasteiger partial charge on any atom is 0.159 e. The van der Waals surface area contributed by atoms with Crippen LogP contribution >= 0.6 is 0 Å². The molecule has 0 fully saturated rings. The van der Waals surface area contributed by atoms with E-state index in [-0.39, 0.29) is 0 Å². The van der Waals surface area contributed by atoms with Gasteiger partial charge in [0.05, 0.1) is 5.69 Å². The number of nitrogens with zero attached hydrogens (tertiary/aromatic N) is 4. The molecule has 0 atom stereocenters. The van der Waals surface area contributed by atoms with Crippen LogP contribution in [0.3, 0.4) is 0 Å². The lowest BCUT2D eigenvalue weighted by Gasteiger charge is -2.08. The van der Waals surface area contributed by atoms with Gasteiger partial charge in [0.2, 0.25) is 0 Å². The number of hydrogen-bond donors (Lipinski definition) is 1. The standard InChI is InChI=1S/C14H11F2N5/c15-13-5-4-10(6-14(13)16)8-17-11-2-1-3-12(7-11)21-9-18-19-20-21/h1-7,9,17H,8H2. The van der Waals surface area contributed by atoms with Gasteiger partial charge in [-0.05, 0) is 46.3 Å². The van der Waals surface area contributed by atoms with Gasteiger partial charge in [-0.2, -0.15) is 0 Å². The molecule has 0 saturated heterocycles. The van der Waals surface area contributed by atoms with Gasteiger partial charge in [0.1, 0.15) is 6.33 Å². The molecule has 1 N–H and O–H groups in total. The Morgan fingerprint density at radius 2 is 1.95 bits per heavy atom. The summed E-state index contributed by atoms with van der Waals surface area (Å²) in [5.74, 6) is -1.70. The maximum absolute atomic E-state index is 13.1. The molecule has 21 heavy (non-hydrogen) atoms. The van der Waals surface area contributed by atoms with Crippen molar-refractivity contribution in [3.63, 3.8) is 0 Å². The molecule has 0 bridgehead atoms. The number of aromatic nitrogens is 4. The molecule has 0 aliphatic carbocycles. The van der Waals surface area contributed by atoms with Crippen LogP contribution in [-0.2, 0) is 6.54 Å². The molecular formula is C14H11F2N5. The Morgan fingerprint density at radius 3 is 2.71 bits per heavy atom. The van der Waals surface area contributed by atoms with Gasteiger partial charge in [-0.3, -0.25) is 0 Å². The van der Waals surface area contributed by atoms with Crippen molar-refractivity contribution < 1.29 is 8.78 Å². The summed E-state index contributed by atoms with van der Waals surface area (Å²) in [6.07, 6.45) is 1.49. The van der Waals surface area contributed by atoms with Crippen LogP contribution in [0.1, 0.15) is 5.56 Å². The summed E-state index contributed by atoms with van der Waals surface area (Å²) >= 11 is 0. The molecule has 0 unspecified atom stereocenters. The van der Waals surface area contributed by atoms with E-state index in [9.17, 15) is 8.78 Å². The van der Waals surface area contributed by atoms with E-state index in [1.54, 1.807) is 0 Å². The van der Waals surface area contributed by atoms with Crippen molar-refractivity contribution in [3.05, 3.63) is 66.0 Å². The minimum absolute atomic E-state index is 0.385. The highest BCUT2D eigenvalue weighted by atomic mass is 19.2. The maximum atomic E-state index is 13.1. The van der Waals surface area contributed by atoms with Crippen molar-refractivity contribution in [2.75, 3.05) is 5.32 Å². The van der Waals surface area contributed by atoms with Crippen molar-refractivity contribution in [2.24, 2.45) is 0 Å². The smallest absolute Gasteiger partial charge is 0.159 e. The number of rotatable bonds is 4. The average molecular weight is 287 g/mol. The van der Waals surface area contributed by atoms with E-state index in [2.05, 4.69) is 20.8 Å². The van der Waals surface area contributed by atoms with Gasteiger partial charge >= 0.3 is 0 Å². The second kappa shape index (κ2) is 5.66. The Bertz CT molecular complexity index is 743. The first kappa shape index (κ1) is 13.2. The fraction of sp³-hybridized carbons (Fsp3) is 0.0714. The van der Waals surface area contributed by atoms with Crippen LogP contribution < -0.4 is 5.32 Å². The van der Waals surface area contributed by atoms with Crippen LogP contribution in [0.25, 0.3) is 5.69 Å². The van der Waals surface area contributed by atoms with Crippen LogP contribution in [0.4, 0.5) is 14.5 Å². The molecule has 0 amide bonds. The Hall–Kier alpha value is -2.83. The summed E-state index contributed by atoms with van der Waals surface area (Å²) in [6, 6.07) is 11.3. The van der Waals surface area contributed by atoms with Crippen molar-refractivity contribution in [1.82, 2.24) is 20.2 Å². The first-order valence-electron chi connectivity index (χ1n) is 6.23. The zero-order valence-electron chi connectivity index (χ0n) is 10.9.